The SMILES string of the molecule is CNS(=O)(=O)CC(C)(NC(N)=S)c1cc(Br)ccc1F. The van der Waals surface area contributed by atoms with Crippen LogP contribution in [0.4, 0.5) is 4.39 Å². The molecular weight excluding hydrogens is 369 g/mol. The number of sulfonamides is 1. The molecule has 5 nitrogen and oxygen atoms in total. The van der Waals surface area contributed by atoms with Gasteiger partial charge < -0.3 is 11.1 Å². The highest BCUT2D eigenvalue weighted by atomic mass is 79.9. The number of hydrogen-bond acceptors (Lipinski definition) is 3. The molecule has 0 saturated carbocycles. The maximum absolute atomic E-state index is 14.0. The second-order valence-electron chi connectivity index (χ2n) is 4.41. The highest BCUT2D eigenvalue weighted by Crippen LogP contribution is 2.28. The quantitative estimate of drug-likeness (QED) is 0.665. The molecule has 9 heteroatoms. The first kappa shape index (κ1) is 17.3. The number of benzene rings is 1. The first-order valence-electron chi connectivity index (χ1n) is 5.54. The smallest absolute Gasteiger partial charge is 0.213 e. The predicted molar refractivity (Wildman–Crippen MR) is 84.2 cm³/mol. The lowest BCUT2D eigenvalue weighted by molar-refractivity contribution is 0.448. The molecule has 112 valence electrons. The summed E-state index contributed by atoms with van der Waals surface area (Å²) in [5, 5.41) is 2.55. The van der Waals surface area contributed by atoms with Crippen LogP contribution in [0.15, 0.2) is 22.7 Å². The van der Waals surface area contributed by atoms with Gasteiger partial charge in [0, 0.05) is 10.0 Å². The zero-order valence-electron chi connectivity index (χ0n) is 10.9. The molecule has 1 rings (SSSR count). The summed E-state index contributed by atoms with van der Waals surface area (Å²) in [5.74, 6) is -0.966. The van der Waals surface area contributed by atoms with E-state index < -0.39 is 27.1 Å². The van der Waals surface area contributed by atoms with Gasteiger partial charge in [0.1, 0.15) is 5.82 Å². The van der Waals surface area contributed by atoms with E-state index in [4.69, 9.17) is 18.0 Å². The molecule has 0 aliphatic heterocycles. The molecule has 20 heavy (non-hydrogen) atoms. The van der Waals surface area contributed by atoms with Gasteiger partial charge in [0.15, 0.2) is 5.11 Å². The van der Waals surface area contributed by atoms with E-state index in [2.05, 4.69) is 26.0 Å². The highest BCUT2D eigenvalue weighted by Gasteiger charge is 2.35. The number of nitrogens with one attached hydrogen (secondary N) is 2. The summed E-state index contributed by atoms with van der Waals surface area (Å²) < 4.78 is 40.4. The normalized spacial score (nSPS) is 14.6. The predicted octanol–water partition coefficient (Wildman–Crippen LogP) is 1.19. The van der Waals surface area contributed by atoms with Gasteiger partial charge in [0.25, 0.3) is 0 Å². The summed E-state index contributed by atoms with van der Waals surface area (Å²) in [4.78, 5) is 0. The van der Waals surface area contributed by atoms with Crippen molar-refractivity contribution < 1.29 is 12.8 Å². The average molecular weight is 384 g/mol. The monoisotopic (exact) mass is 383 g/mol. The highest BCUT2D eigenvalue weighted by molar-refractivity contribution is 9.10. The second kappa shape index (κ2) is 6.33. The lowest BCUT2D eigenvalue weighted by Crippen LogP contribution is -2.52. The number of hydrogen-bond donors (Lipinski definition) is 3. The Morgan fingerprint density at radius 2 is 2.15 bits per heavy atom. The molecule has 1 aromatic carbocycles. The fraction of sp³-hybridized carbons (Fsp3) is 0.364. The minimum absolute atomic E-state index is 0.113. The van der Waals surface area contributed by atoms with Crippen molar-refractivity contribution in [3.63, 3.8) is 0 Å². The first-order chi connectivity index (χ1) is 9.09. The van der Waals surface area contributed by atoms with E-state index in [9.17, 15) is 12.8 Å². The molecular formula is C11H15BrFN3O2S2. The minimum Gasteiger partial charge on any atom is -0.376 e. The van der Waals surface area contributed by atoms with Gasteiger partial charge in [-0.2, -0.15) is 0 Å². The largest absolute Gasteiger partial charge is 0.376 e. The maximum Gasteiger partial charge on any atom is 0.213 e. The van der Waals surface area contributed by atoms with Crippen molar-refractivity contribution in [1.82, 2.24) is 10.0 Å². The minimum atomic E-state index is -3.61. The molecule has 0 radical (unpaired) electrons. The van der Waals surface area contributed by atoms with Gasteiger partial charge in [-0.25, -0.2) is 17.5 Å². The lowest BCUT2D eigenvalue weighted by Gasteiger charge is -2.31. The Morgan fingerprint density at radius 1 is 1.55 bits per heavy atom. The van der Waals surface area contributed by atoms with Gasteiger partial charge in [-0.05, 0) is 44.4 Å². The van der Waals surface area contributed by atoms with Crippen LogP contribution in [0, 0.1) is 5.82 Å². The summed E-state index contributed by atoms with van der Waals surface area (Å²) in [6, 6.07) is 4.25. The molecule has 0 bridgehead atoms. The van der Waals surface area contributed by atoms with Crippen LogP contribution < -0.4 is 15.8 Å². The third kappa shape index (κ3) is 4.37. The zero-order chi connectivity index (χ0) is 15.6. The summed E-state index contributed by atoms with van der Waals surface area (Å²) in [7, 11) is -2.32. The van der Waals surface area contributed by atoms with Crippen LogP contribution >= 0.6 is 28.1 Å². The fourth-order valence-electron chi connectivity index (χ4n) is 1.83. The van der Waals surface area contributed by atoms with Gasteiger partial charge in [0.2, 0.25) is 10.0 Å². The Kier molecular flexibility index (Phi) is 5.47. The standard InChI is InChI=1S/C11H15BrFN3O2S2/c1-11(16-10(14)19,6-20(17,18)15-2)8-5-7(12)3-4-9(8)13/h3-5,15H,6H2,1-2H3,(H3,14,16,19). The van der Waals surface area contributed by atoms with E-state index in [0.29, 0.717) is 4.47 Å². The van der Waals surface area contributed by atoms with Gasteiger partial charge >= 0.3 is 0 Å². The van der Waals surface area contributed by atoms with Crippen molar-refractivity contribution in [1.29, 1.82) is 0 Å². The fourth-order valence-corrected chi connectivity index (χ4v) is 3.54. The molecule has 4 N–H and O–H groups in total. The Hall–Kier alpha value is -0.770. The molecule has 0 aliphatic rings. The van der Waals surface area contributed by atoms with Crippen LogP contribution in [-0.2, 0) is 15.6 Å². The van der Waals surface area contributed by atoms with Gasteiger partial charge in [-0.3, -0.25) is 0 Å². The van der Waals surface area contributed by atoms with Crippen molar-refractivity contribution in [2.45, 2.75) is 12.5 Å². The molecule has 1 aromatic rings. The van der Waals surface area contributed by atoms with Crippen molar-refractivity contribution in [2.24, 2.45) is 5.73 Å². The molecule has 0 fully saturated rings. The number of thiocarbonyl (C=S) groups is 1. The summed E-state index contributed by atoms with van der Waals surface area (Å²) in [6.45, 7) is 1.52. The van der Waals surface area contributed by atoms with Crippen molar-refractivity contribution in [2.75, 3.05) is 12.8 Å². The number of rotatable bonds is 5. The molecule has 0 heterocycles. The van der Waals surface area contributed by atoms with Crippen molar-refractivity contribution in [3.05, 3.63) is 34.1 Å². The van der Waals surface area contributed by atoms with E-state index in [0.717, 1.165) is 0 Å². The summed E-state index contributed by atoms with van der Waals surface area (Å²) in [5.41, 5.74) is 4.30. The van der Waals surface area contributed by atoms with Crippen LogP contribution in [0.2, 0.25) is 0 Å². The van der Waals surface area contributed by atoms with E-state index in [1.807, 2.05) is 0 Å². The Bertz CT molecular complexity index is 624. The molecule has 0 spiro atoms. The molecule has 1 atom stereocenters. The molecule has 1 unspecified atom stereocenters. The third-order valence-corrected chi connectivity index (χ3v) is 4.89. The van der Waals surface area contributed by atoms with Crippen LogP contribution in [0.5, 0.6) is 0 Å². The maximum atomic E-state index is 14.0. The van der Waals surface area contributed by atoms with E-state index >= 15 is 0 Å². The van der Waals surface area contributed by atoms with Crippen LogP contribution in [0.25, 0.3) is 0 Å². The van der Waals surface area contributed by atoms with E-state index in [1.165, 1.54) is 32.2 Å². The van der Waals surface area contributed by atoms with E-state index in [1.54, 1.807) is 0 Å². The Morgan fingerprint density at radius 3 is 2.65 bits per heavy atom. The lowest BCUT2D eigenvalue weighted by atomic mass is 9.93. The van der Waals surface area contributed by atoms with Crippen LogP contribution in [-0.4, -0.2) is 26.3 Å². The molecule has 0 amide bonds. The number of nitrogens with two attached hydrogens (primary N) is 1. The van der Waals surface area contributed by atoms with Crippen molar-refractivity contribution >= 4 is 43.3 Å². The molecule has 0 aromatic heterocycles. The molecule has 0 aliphatic carbocycles. The summed E-state index contributed by atoms with van der Waals surface area (Å²) in [6.07, 6.45) is 0. The van der Waals surface area contributed by atoms with Crippen LogP contribution in [0.1, 0.15) is 12.5 Å². The van der Waals surface area contributed by atoms with Gasteiger partial charge in [-0.1, -0.05) is 15.9 Å². The Labute approximate surface area is 131 Å². The van der Waals surface area contributed by atoms with Gasteiger partial charge in [0.05, 0.1) is 11.3 Å². The zero-order valence-corrected chi connectivity index (χ0v) is 14.1. The van der Waals surface area contributed by atoms with Crippen molar-refractivity contribution in [3.8, 4) is 0 Å². The average Bonchev–Trinajstić information content (AvgIpc) is 2.30. The molecule has 0 saturated heterocycles. The van der Waals surface area contributed by atoms with Crippen LogP contribution in [0.3, 0.4) is 0 Å². The summed E-state index contributed by atoms with van der Waals surface area (Å²) >= 11 is 7.99. The van der Waals surface area contributed by atoms with E-state index in [-0.39, 0.29) is 10.7 Å². The third-order valence-electron chi connectivity index (χ3n) is 2.71. The number of halogens is 2. The Balaban J connectivity index is 3.37. The first-order valence-corrected chi connectivity index (χ1v) is 8.39. The topological polar surface area (TPSA) is 84.2 Å². The second-order valence-corrected chi connectivity index (χ2v) is 7.69. The van der Waals surface area contributed by atoms with Gasteiger partial charge in [-0.15, -0.1) is 0 Å².